The van der Waals surface area contributed by atoms with Gasteiger partial charge in [0.15, 0.2) is 0 Å². The SMILES string of the molecule is CC(C)=CC1C(C(=O)Nc2ccccn2)C1(C)C. The number of pyridine rings is 1. The maximum Gasteiger partial charge on any atom is 0.229 e. The molecular weight excluding hydrogens is 224 g/mol. The van der Waals surface area contributed by atoms with Crippen molar-refractivity contribution < 1.29 is 4.79 Å². The Bertz CT molecular complexity index is 473. The maximum atomic E-state index is 12.2. The lowest BCUT2D eigenvalue weighted by Crippen LogP contribution is -2.17. The number of rotatable bonds is 3. The summed E-state index contributed by atoms with van der Waals surface area (Å²) in [7, 11) is 0. The Hall–Kier alpha value is -1.64. The summed E-state index contributed by atoms with van der Waals surface area (Å²) in [5.41, 5.74) is 1.32. The molecule has 2 rings (SSSR count). The van der Waals surface area contributed by atoms with Gasteiger partial charge in [-0.1, -0.05) is 31.6 Å². The summed E-state index contributed by atoms with van der Waals surface area (Å²) in [5, 5.41) is 2.88. The van der Waals surface area contributed by atoms with E-state index in [1.807, 2.05) is 18.2 Å². The molecule has 1 heterocycles. The Balaban J connectivity index is 2.05. The Labute approximate surface area is 108 Å². The first-order chi connectivity index (χ1) is 8.43. The van der Waals surface area contributed by atoms with E-state index in [1.165, 1.54) is 5.57 Å². The van der Waals surface area contributed by atoms with Gasteiger partial charge >= 0.3 is 0 Å². The zero-order valence-corrected chi connectivity index (χ0v) is 11.4. The Morgan fingerprint density at radius 3 is 2.67 bits per heavy atom. The molecule has 0 radical (unpaired) electrons. The van der Waals surface area contributed by atoms with Gasteiger partial charge in [0, 0.05) is 6.20 Å². The molecule has 1 aliphatic rings. The topological polar surface area (TPSA) is 42.0 Å². The molecule has 1 fully saturated rings. The molecule has 1 aliphatic carbocycles. The highest BCUT2D eigenvalue weighted by molar-refractivity contribution is 5.95. The Kier molecular flexibility index (Phi) is 3.24. The van der Waals surface area contributed by atoms with Gasteiger partial charge in [-0.2, -0.15) is 0 Å². The zero-order chi connectivity index (χ0) is 13.3. The van der Waals surface area contributed by atoms with Crippen LogP contribution in [0.15, 0.2) is 36.0 Å². The number of allylic oxidation sites excluding steroid dienone is 2. The molecule has 0 bridgehead atoms. The molecule has 0 spiro atoms. The lowest BCUT2D eigenvalue weighted by atomic mass is 10.1. The van der Waals surface area contributed by atoms with Crippen molar-refractivity contribution in [3.8, 4) is 0 Å². The molecule has 96 valence electrons. The summed E-state index contributed by atoms with van der Waals surface area (Å²) < 4.78 is 0. The van der Waals surface area contributed by atoms with Gasteiger partial charge in [0.1, 0.15) is 5.82 Å². The molecular formula is C15H20N2O. The third-order valence-electron chi connectivity index (χ3n) is 3.62. The molecule has 1 amide bonds. The van der Waals surface area contributed by atoms with Crippen molar-refractivity contribution in [3.63, 3.8) is 0 Å². The van der Waals surface area contributed by atoms with Crippen molar-refractivity contribution in [2.24, 2.45) is 17.3 Å². The van der Waals surface area contributed by atoms with Gasteiger partial charge in [-0.05, 0) is 37.3 Å². The molecule has 3 heteroatoms. The minimum absolute atomic E-state index is 0.0504. The summed E-state index contributed by atoms with van der Waals surface area (Å²) >= 11 is 0. The van der Waals surface area contributed by atoms with Crippen LogP contribution in [0.2, 0.25) is 0 Å². The normalized spacial score (nSPS) is 24.2. The third-order valence-corrected chi connectivity index (χ3v) is 3.62. The van der Waals surface area contributed by atoms with Gasteiger partial charge in [-0.15, -0.1) is 0 Å². The number of carbonyl (C=O) groups is 1. The van der Waals surface area contributed by atoms with E-state index in [1.54, 1.807) is 6.20 Å². The summed E-state index contributed by atoms with van der Waals surface area (Å²) in [6.07, 6.45) is 3.88. The number of nitrogens with one attached hydrogen (secondary N) is 1. The van der Waals surface area contributed by atoms with Crippen molar-refractivity contribution in [2.45, 2.75) is 27.7 Å². The van der Waals surface area contributed by atoms with Crippen molar-refractivity contribution >= 4 is 11.7 Å². The van der Waals surface area contributed by atoms with E-state index in [-0.39, 0.29) is 17.2 Å². The molecule has 1 N–H and O–H groups in total. The summed E-state index contributed by atoms with van der Waals surface area (Å²) in [5.74, 6) is 1.09. The van der Waals surface area contributed by atoms with Gasteiger partial charge in [0.2, 0.25) is 5.91 Å². The van der Waals surface area contributed by atoms with Crippen LogP contribution in [-0.4, -0.2) is 10.9 Å². The summed E-state index contributed by atoms with van der Waals surface area (Å²) in [6.45, 7) is 8.42. The second-order valence-electron chi connectivity index (χ2n) is 5.77. The molecule has 0 aromatic carbocycles. The van der Waals surface area contributed by atoms with Crippen LogP contribution in [0.3, 0.4) is 0 Å². The van der Waals surface area contributed by atoms with Crippen LogP contribution in [0.4, 0.5) is 5.82 Å². The number of nitrogens with zero attached hydrogens (tertiary/aromatic N) is 1. The van der Waals surface area contributed by atoms with Crippen LogP contribution in [0.5, 0.6) is 0 Å². The van der Waals surface area contributed by atoms with Gasteiger partial charge < -0.3 is 5.32 Å². The highest BCUT2D eigenvalue weighted by atomic mass is 16.2. The van der Waals surface area contributed by atoms with E-state index in [2.05, 4.69) is 44.1 Å². The van der Waals surface area contributed by atoms with Crippen molar-refractivity contribution in [3.05, 3.63) is 36.0 Å². The molecule has 1 aromatic heterocycles. The van der Waals surface area contributed by atoms with E-state index < -0.39 is 0 Å². The van der Waals surface area contributed by atoms with Crippen LogP contribution < -0.4 is 5.32 Å². The summed E-state index contributed by atoms with van der Waals surface area (Å²) in [6, 6.07) is 5.51. The smallest absolute Gasteiger partial charge is 0.229 e. The molecule has 2 atom stereocenters. The number of aromatic nitrogens is 1. The third kappa shape index (κ3) is 2.45. The second kappa shape index (κ2) is 4.56. The quantitative estimate of drug-likeness (QED) is 0.829. The Morgan fingerprint density at radius 1 is 1.39 bits per heavy atom. The minimum Gasteiger partial charge on any atom is -0.310 e. The highest BCUT2D eigenvalue weighted by Gasteiger charge is 2.60. The molecule has 3 nitrogen and oxygen atoms in total. The number of hydrogen-bond donors (Lipinski definition) is 1. The van der Waals surface area contributed by atoms with E-state index in [0.29, 0.717) is 11.7 Å². The fourth-order valence-electron chi connectivity index (χ4n) is 2.49. The predicted octanol–water partition coefficient (Wildman–Crippen LogP) is 3.26. The van der Waals surface area contributed by atoms with Gasteiger partial charge in [0.25, 0.3) is 0 Å². The van der Waals surface area contributed by atoms with E-state index >= 15 is 0 Å². The van der Waals surface area contributed by atoms with Crippen LogP contribution in [0.1, 0.15) is 27.7 Å². The molecule has 0 saturated heterocycles. The average molecular weight is 244 g/mol. The molecule has 0 aliphatic heterocycles. The van der Waals surface area contributed by atoms with Crippen molar-refractivity contribution in [1.29, 1.82) is 0 Å². The van der Waals surface area contributed by atoms with Crippen LogP contribution in [0, 0.1) is 17.3 Å². The predicted molar refractivity (Wildman–Crippen MR) is 73.1 cm³/mol. The largest absolute Gasteiger partial charge is 0.310 e. The van der Waals surface area contributed by atoms with Crippen LogP contribution >= 0.6 is 0 Å². The van der Waals surface area contributed by atoms with Gasteiger partial charge in [-0.3, -0.25) is 4.79 Å². The summed E-state index contributed by atoms with van der Waals surface area (Å²) in [4.78, 5) is 16.3. The zero-order valence-electron chi connectivity index (χ0n) is 11.4. The van der Waals surface area contributed by atoms with Gasteiger partial charge in [-0.25, -0.2) is 4.98 Å². The van der Waals surface area contributed by atoms with Crippen LogP contribution in [0.25, 0.3) is 0 Å². The monoisotopic (exact) mass is 244 g/mol. The van der Waals surface area contributed by atoms with E-state index in [9.17, 15) is 4.79 Å². The highest BCUT2D eigenvalue weighted by Crippen LogP contribution is 2.59. The number of hydrogen-bond acceptors (Lipinski definition) is 2. The molecule has 2 unspecified atom stereocenters. The first-order valence-electron chi connectivity index (χ1n) is 6.30. The first-order valence-corrected chi connectivity index (χ1v) is 6.30. The lowest BCUT2D eigenvalue weighted by Gasteiger charge is -2.04. The van der Waals surface area contributed by atoms with E-state index in [4.69, 9.17) is 0 Å². The first kappa shape index (κ1) is 12.8. The average Bonchev–Trinajstić information content (AvgIpc) is 2.80. The number of carbonyl (C=O) groups excluding carboxylic acids is 1. The maximum absolute atomic E-state index is 12.2. The van der Waals surface area contributed by atoms with Crippen molar-refractivity contribution in [1.82, 2.24) is 4.98 Å². The minimum atomic E-state index is 0.0504. The molecule has 1 aromatic rings. The molecule has 18 heavy (non-hydrogen) atoms. The van der Waals surface area contributed by atoms with Crippen LogP contribution in [-0.2, 0) is 4.79 Å². The van der Waals surface area contributed by atoms with Crippen molar-refractivity contribution in [2.75, 3.05) is 5.32 Å². The Morgan fingerprint density at radius 2 is 2.11 bits per heavy atom. The second-order valence-corrected chi connectivity index (χ2v) is 5.77. The standard InChI is InChI=1S/C15H20N2O/c1-10(2)9-11-13(15(11,3)4)14(18)17-12-7-5-6-8-16-12/h5-9,11,13H,1-4H3,(H,16,17,18). The lowest BCUT2D eigenvalue weighted by molar-refractivity contribution is -0.118. The van der Waals surface area contributed by atoms with Gasteiger partial charge in [0.05, 0.1) is 5.92 Å². The fraction of sp³-hybridized carbons (Fsp3) is 0.467. The van der Waals surface area contributed by atoms with E-state index in [0.717, 1.165) is 0 Å². The fourth-order valence-corrected chi connectivity index (χ4v) is 2.49. The number of amides is 1. The number of anilines is 1. The molecule has 1 saturated carbocycles.